The predicted molar refractivity (Wildman–Crippen MR) is 148 cm³/mol. The van der Waals surface area contributed by atoms with Crippen molar-refractivity contribution in [3.8, 4) is 0 Å². The first-order valence-electron chi connectivity index (χ1n) is 14.1. The Morgan fingerprint density at radius 1 is 1.05 bits per heavy atom. The average molecular weight is 602 g/mol. The van der Waals surface area contributed by atoms with Crippen LogP contribution in [0.1, 0.15) is 107 Å². The summed E-state index contributed by atoms with van der Waals surface area (Å²) >= 11 is 0. The van der Waals surface area contributed by atoms with Gasteiger partial charge in [-0.15, -0.1) is 0 Å². The Labute approximate surface area is 242 Å². The van der Waals surface area contributed by atoms with Gasteiger partial charge in [-0.3, -0.25) is 14.3 Å². The molecule has 0 bridgehead atoms. The Morgan fingerprint density at radius 3 is 2.29 bits per heavy atom. The van der Waals surface area contributed by atoms with Gasteiger partial charge >= 0.3 is 6.18 Å². The summed E-state index contributed by atoms with van der Waals surface area (Å²) in [5, 5.41) is 13.5. The maximum absolute atomic E-state index is 12.4. The Bertz CT molecular complexity index is 1260. The first-order chi connectivity index (χ1) is 19.7. The van der Waals surface area contributed by atoms with E-state index in [0.29, 0.717) is 35.4 Å². The van der Waals surface area contributed by atoms with E-state index in [2.05, 4.69) is 39.7 Å². The first-order valence-corrected chi connectivity index (χ1v) is 14.1. The van der Waals surface area contributed by atoms with E-state index in [1.165, 1.54) is 17.1 Å². The molecule has 1 aliphatic rings. The third-order valence-corrected chi connectivity index (χ3v) is 5.96. The zero-order valence-corrected chi connectivity index (χ0v) is 24.5. The van der Waals surface area contributed by atoms with Crippen molar-refractivity contribution in [2.45, 2.75) is 110 Å². The first kappa shape index (κ1) is 34.6. The van der Waals surface area contributed by atoms with Gasteiger partial charge < -0.3 is 10.6 Å². The maximum Gasteiger partial charge on any atom is 0.389 e. The number of halogens is 5. The number of fused-ring (bicyclic) bond motifs is 1. The van der Waals surface area contributed by atoms with Gasteiger partial charge in [0.25, 0.3) is 5.91 Å². The number of rotatable bonds is 8. The molecule has 3 aromatic heterocycles. The molecule has 0 aliphatic heterocycles. The van der Waals surface area contributed by atoms with Crippen LogP contribution in [-0.4, -0.2) is 48.3 Å². The Balaban J connectivity index is 0.000000471. The zero-order chi connectivity index (χ0) is 31.3. The van der Waals surface area contributed by atoms with Crippen molar-refractivity contribution in [2.75, 3.05) is 0 Å². The van der Waals surface area contributed by atoms with E-state index >= 15 is 0 Å². The maximum atomic E-state index is 12.4. The fourth-order valence-electron chi connectivity index (χ4n) is 3.93. The normalized spacial score (nSPS) is 14.4. The highest BCUT2D eigenvalue weighted by Gasteiger charge is 2.30. The Hall–Kier alpha value is -3.58. The number of nitrogens with zero attached hydrogens (tertiary/aromatic N) is 5. The second-order valence-electron chi connectivity index (χ2n) is 10.4. The van der Waals surface area contributed by atoms with E-state index in [-0.39, 0.29) is 37.9 Å². The van der Waals surface area contributed by atoms with E-state index in [1.54, 1.807) is 29.2 Å². The topological polar surface area (TPSA) is 106 Å². The largest absolute Gasteiger partial charge is 0.389 e. The number of amides is 2. The molecule has 1 fully saturated rings. The van der Waals surface area contributed by atoms with Crippen LogP contribution in [0, 0.1) is 0 Å². The van der Waals surface area contributed by atoms with Crippen LogP contribution in [-0.2, 0) is 17.9 Å². The van der Waals surface area contributed by atoms with E-state index in [9.17, 15) is 31.5 Å². The van der Waals surface area contributed by atoms with E-state index < -0.39 is 30.8 Å². The van der Waals surface area contributed by atoms with Crippen LogP contribution >= 0.6 is 0 Å². The van der Waals surface area contributed by atoms with E-state index in [4.69, 9.17) is 0 Å². The summed E-state index contributed by atoms with van der Waals surface area (Å²) in [7, 11) is 0. The molecule has 1 saturated carbocycles. The van der Waals surface area contributed by atoms with Gasteiger partial charge in [-0.05, 0) is 44.4 Å². The molecule has 3 aromatic rings. The molecule has 234 valence electrons. The zero-order valence-electron chi connectivity index (χ0n) is 24.5. The average Bonchev–Trinajstić information content (AvgIpc) is 3.57. The lowest BCUT2D eigenvalue weighted by Gasteiger charge is -2.20. The molecule has 3 heterocycles. The van der Waals surface area contributed by atoms with Crippen LogP contribution in [0.25, 0.3) is 5.65 Å². The van der Waals surface area contributed by atoms with E-state index in [0.717, 1.165) is 6.42 Å². The lowest BCUT2D eigenvalue weighted by atomic mass is 9.97. The summed E-state index contributed by atoms with van der Waals surface area (Å²) in [6.07, 6.45) is 2.46. The molecule has 0 aromatic carbocycles. The van der Waals surface area contributed by atoms with Crippen molar-refractivity contribution < 1.29 is 31.5 Å². The molecule has 0 radical (unpaired) electrons. The molecular weight excluding hydrogens is 561 g/mol. The van der Waals surface area contributed by atoms with Gasteiger partial charge in [0, 0.05) is 38.0 Å². The molecule has 0 unspecified atom stereocenters. The van der Waals surface area contributed by atoms with Gasteiger partial charge in [-0.1, -0.05) is 26.7 Å². The second kappa shape index (κ2) is 16.2. The fraction of sp³-hybridized carbons (Fsp3) is 0.607. The van der Waals surface area contributed by atoms with Gasteiger partial charge in [-0.2, -0.15) is 23.4 Å². The van der Waals surface area contributed by atoms with Gasteiger partial charge in [0.2, 0.25) is 11.8 Å². The van der Waals surface area contributed by atoms with Crippen molar-refractivity contribution in [2.24, 2.45) is 0 Å². The fourth-order valence-corrected chi connectivity index (χ4v) is 3.93. The summed E-state index contributed by atoms with van der Waals surface area (Å²) in [6.45, 7) is 8.31. The van der Waals surface area contributed by atoms with Crippen molar-refractivity contribution in [3.63, 3.8) is 0 Å². The number of hydrogen-bond donors (Lipinski definition) is 2. The molecule has 2 amide bonds. The molecule has 0 saturated heterocycles. The van der Waals surface area contributed by atoms with Crippen molar-refractivity contribution in [1.82, 2.24) is 35.0 Å². The number of alkyl halides is 5. The molecule has 2 N–H and O–H groups in total. The summed E-state index contributed by atoms with van der Waals surface area (Å²) in [4.78, 5) is 28.3. The van der Waals surface area contributed by atoms with E-state index in [1.807, 2.05) is 13.8 Å². The third-order valence-electron chi connectivity index (χ3n) is 5.96. The van der Waals surface area contributed by atoms with Crippen LogP contribution in [0.15, 0.2) is 30.7 Å². The second-order valence-corrected chi connectivity index (χ2v) is 10.4. The molecule has 9 nitrogen and oxygen atoms in total. The Kier molecular flexibility index (Phi) is 13.3. The lowest BCUT2D eigenvalue weighted by molar-refractivity contribution is -0.144. The van der Waals surface area contributed by atoms with Gasteiger partial charge in [-0.25, -0.2) is 18.3 Å². The standard InChI is InChI=1S/C19H22F3N7O2.C6H10F2.C3H8/c1-12(2)29-15(4-6-25-29)18(31)24-10-14-11-28-16(27-14)7-13(9-26-28)8-23-17(30)3-5-19(20,21)22;7-6(8)4-2-1-3-5-6;1-3-2/h4,6-7,9,11-12H,3,5,8,10H2,1-2H3,(H,23,30)(H,24,31);1-5H2;3H2,1-2H3. The molecule has 0 atom stereocenters. The number of hydrogen-bond acceptors (Lipinski definition) is 5. The molecule has 42 heavy (non-hydrogen) atoms. The minimum absolute atomic E-state index is 0.0400. The summed E-state index contributed by atoms with van der Waals surface area (Å²) < 4.78 is 64.1. The van der Waals surface area contributed by atoms with Crippen LogP contribution < -0.4 is 10.6 Å². The quantitative estimate of drug-likeness (QED) is 0.291. The molecule has 4 rings (SSSR count). The summed E-state index contributed by atoms with van der Waals surface area (Å²) in [5.41, 5.74) is 2.09. The van der Waals surface area contributed by atoms with Crippen molar-refractivity contribution in [3.05, 3.63) is 47.7 Å². The monoisotopic (exact) mass is 601 g/mol. The van der Waals surface area contributed by atoms with Gasteiger partial charge in [0.15, 0.2) is 5.65 Å². The minimum Gasteiger partial charge on any atom is -0.352 e. The molecular formula is C28H40F5N7O2. The van der Waals surface area contributed by atoms with Crippen molar-refractivity contribution in [1.29, 1.82) is 0 Å². The predicted octanol–water partition coefficient (Wildman–Crippen LogP) is 6.40. The number of nitrogens with one attached hydrogen (secondary N) is 2. The van der Waals surface area contributed by atoms with Gasteiger partial charge in [0.1, 0.15) is 5.69 Å². The number of carbonyl (C=O) groups excluding carboxylic acids is 2. The SMILES string of the molecule is CC(C)n1nccc1C(=O)NCc1cn2ncc(CNC(=O)CCC(F)(F)F)cc2n1.CCC.FC1(F)CCCCC1. The lowest BCUT2D eigenvalue weighted by Crippen LogP contribution is -2.26. The molecule has 0 spiro atoms. The minimum atomic E-state index is -4.37. The Morgan fingerprint density at radius 2 is 1.71 bits per heavy atom. The van der Waals surface area contributed by atoms with Crippen LogP contribution in [0.4, 0.5) is 22.0 Å². The van der Waals surface area contributed by atoms with Gasteiger partial charge in [0.05, 0.1) is 31.1 Å². The highest BCUT2D eigenvalue weighted by atomic mass is 19.4. The molecule has 1 aliphatic carbocycles. The number of imidazole rings is 1. The number of carbonyl (C=O) groups is 2. The van der Waals surface area contributed by atoms with Crippen LogP contribution in [0.3, 0.4) is 0 Å². The van der Waals surface area contributed by atoms with Crippen LogP contribution in [0.5, 0.6) is 0 Å². The summed E-state index contributed by atoms with van der Waals surface area (Å²) in [5.74, 6) is -3.29. The highest BCUT2D eigenvalue weighted by Crippen LogP contribution is 2.32. The van der Waals surface area contributed by atoms with Crippen LogP contribution in [0.2, 0.25) is 0 Å². The smallest absolute Gasteiger partial charge is 0.352 e. The van der Waals surface area contributed by atoms with Crippen molar-refractivity contribution >= 4 is 17.5 Å². The number of aromatic nitrogens is 5. The molecule has 14 heteroatoms. The highest BCUT2D eigenvalue weighted by molar-refractivity contribution is 5.92. The third kappa shape index (κ3) is 12.1. The summed E-state index contributed by atoms with van der Waals surface area (Å²) in [6, 6.07) is 3.34.